The van der Waals surface area contributed by atoms with Crippen molar-refractivity contribution in [1.29, 1.82) is 0 Å². The molecule has 0 spiro atoms. The molecule has 0 amide bonds. The van der Waals surface area contributed by atoms with Gasteiger partial charge in [0.1, 0.15) is 18.3 Å². The average Bonchev–Trinajstić information content (AvgIpc) is 3.23. The maximum absolute atomic E-state index is 11.9. The van der Waals surface area contributed by atoms with Crippen molar-refractivity contribution in [1.82, 2.24) is 19.5 Å². The fourth-order valence-corrected chi connectivity index (χ4v) is 3.09. The summed E-state index contributed by atoms with van der Waals surface area (Å²) in [4.78, 5) is 22.5. The van der Waals surface area contributed by atoms with Gasteiger partial charge in [0.15, 0.2) is 17.4 Å². The third-order valence-electron chi connectivity index (χ3n) is 4.42. The molecule has 0 saturated carbocycles. The summed E-state index contributed by atoms with van der Waals surface area (Å²) < 4.78 is 13.2. The van der Waals surface area contributed by atoms with Crippen LogP contribution < -0.4 is 5.56 Å². The number of hydrogen-bond donors (Lipinski definition) is 3. The van der Waals surface area contributed by atoms with Gasteiger partial charge < -0.3 is 24.7 Å². The van der Waals surface area contributed by atoms with Gasteiger partial charge in [-0.3, -0.25) is 9.36 Å². The van der Waals surface area contributed by atoms with Gasteiger partial charge in [-0.1, -0.05) is 30.3 Å². The molecule has 9 heteroatoms. The largest absolute Gasteiger partial charge is 0.394 e. The molecule has 3 heterocycles. The van der Waals surface area contributed by atoms with Gasteiger partial charge in [0, 0.05) is 0 Å². The minimum absolute atomic E-state index is 0.167. The summed E-state index contributed by atoms with van der Waals surface area (Å²) in [6, 6.07) is 9.52. The fraction of sp³-hybridized carbons (Fsp3) is 0.353. The third-order valence-corrected chi connectivity index (χ3v) is 4.42. The van der Waals surface area contributed by atoms with Crippen molar-refractivity contribution in [2.75, 3.05) is 6.61 Å². The van der Waals surface area contributed by atoms with Crippen LogP contribution in [0.1, 0.15) is 11.8 Å². The normalized spacial score (nSPS) is 25.8. The zero-order valence-corrected chi connectivity index (χ0v) is 13.7. The Labute approximate surface area is 147 Å². The highest BCUT2D eigenvalue weighted by atomic mass is 16.6. The number of fused-ring (bicyclic) bond motifs is 1. The van der Waals surface area contributed by atoms with E-state index in [4.69, 9.17) is 9.47 Å². The molecule has 1 aliphatic heterocycles. The van der Waals surface area contributed by atoms with E-state index in [0.717, 1.165) is 5.56 Å². The Bertz CT molecular complexity index is 941. The molecular weight excluding hydrogens is 340 g/mol. The molecule has 3 aromatic rings. The summed E-state index contributed by atoms with van der Waals surface area (Å²) in [6.45, 7) is -0.0925. The van der Waals surface area contributed by atoms with Crippen LogP contribution in [0.25, 0.3) is 11.2 Å². The second kappa shape index (κ2) is 6.96. The minimum atomic E-state index is -1.03. The van der Waals surface area contributed by atoms with Crippen molar-refractivity contribution in [3.05, 3.63) is 58.9 Å². The van der Waals surface area contributed by atoms with Crippen LogP contribution in [0.2, 0.25) is 0 Å². The number of H-pyrrole nitrogens is 1. The molecule has 0 bridgehead atoms. The van der Waals surface area contributed by atoms with Crippen LogP contribution in [0.5, 0.6) is 0 Å². The highest BCUT2D eigenvalue weighted by Gasteiger charge is 2.45. The van der Waals surface area contributed by atoms with Gasteiger partial charge in [-0.05, 0) is 5.56 Å². The van der Waals surface area contributed by atoms with Crippen molar-refractivity contribution >= 4 is 11.2 Å². The van der Waals surface area contributed by atoms with E-state index < -0.39 is 24.5 Å². The predicted octanol–water partition coefficient (Wildman–Crippen LogP) is -0.0444. The number of benzene rings is 1. The number of aliphatic hydroxyl groups excluding tert-OH is 2. The third kappa shape index (κ3) is 2.90. The smallest absolute Gasteiger partial charge is 0.278 e. The lowest BCUT2D eigenvalue weighted by molar-refractivity contribution is -0.0761. The zero-order chi connectivity index (χ0) is 18.1. The standard InChI is InChI=1S/C17H18N4O5/c22-6-11-13(23)14(25-7-10-4-2-1-3-5-10)17(26-11)21-9-20-12-15(21)18-8-19-16(12)24/h1-5,8-9,11,13-14,17,22-23H,6-7H2,(H,18,19,24)/t11-,13?,14?,17-/m1/s1. The Morgan fingerprint density at radius 2 is 2.08 bits per heavy atom. The molecule has 1 saturated heterocycles. The van der Waals surface area contributed by atoms with Gasteiger partial charge in [-0.2, -0.15) is 0 Å². The Balaban J connectivity index is 1.65. The van der Waals surface area contributed by atoms with Crippen LogP contribution in [-0.4, -0.2) is 54.7 Å². The Morgan fingerprint density at radius 3 is 2.85 bits per heavy atom. The molecule has 3 N–H and O–H groups in total. The zero-order valence-electron chi connectivity index (χ0n) is 13.7. The predicted molar refractivity (Wildman–Crippen MR) is 90.2 cm³/mol. The van der Waals surface area contributed by atoms with E-state index in [1.807, 2.05) is 30.3 Å². The molecular formula is C17H18N4O5. The highest BCUT2D eigenvalue weighted by molar-refractivity contribution is 5.68. The Hall–Kier alpha value is -2.59. The number of aliphatic hydroxyl groups is 2. The lowest BCUT2D eigenvalue weighted by Gasteiger charge is -2.22. The van der Waals surface area contributed by atoms with Gasteiger partial charge >= 0.3 is 0 Å². The SMILES string of the molecule is O=c1[nH]cnc2c1ncn2[C@@H]1O[C@H](CO)C(O)C1OCc1ccccc1. The molecule has 136 valence electrons. The molecule has 2 unspecified atom stereocenters. The van der Waals surface area contributed by atoms with Crippen LogP contribution >= 0.6 is 0 Å². The van der Waals surface area contributed by atoms with E-state index in [1.54, 1.807) is 4.57 Å². The maximum atomic E-state index is 11.9. The van der Waals surface area contributed by atoms with Crippen LogP contribution in [-0.2, 0) is 16.1 Å². The van der Waals surface area contributed by atoms with E-state index >= 15 is 0 Å². The fourth-order valence-electron chi connectivity index (χ4n) is 3.09. The average molecular weight is 358 g/mol. The number of ether oxygens (including phenoxy) is 2. The second-order valence-electron chi connectivity index (χ2n) is 6.06. The lowest BCUT2D eigenvalue weighted by Crippen LogP contribution is -2.35. The molecule has 26 heavy (non-hydrogen) atoms. The number of nitrogens with zero attached hydrogens (tertiary/aromatic N) is 3. The van der Waals surface area contributed by atoms with Gasteiger partial charge in [0.05, 0.1) is 25.9 Å². The number of rotatable bonds is 5. The summed E-state index contributed by atoms with van der Waals surface area (Å²) in [5.41, 5.74) is 1.06. The molecule has 0 radical (unpaired) electrons. The number of nitrogens with one attached hydrogen (secondary N) is 1. The van der Waals surface area contributed by atoms with Crippen LogP contribution in [0.3, 0.4) is 0 Å². The molecule has 4 rings (SSSR count). The Morgan fingerprint density at radius 1 is 1.27 bits per heavy atom. The van der Waals surface area contributed by atoms with E-state index in [9.17, 15) is 15.0 Å². The summed E-state index contributed by atoms with van der Waals surface area (Å²) in [5.74, 6) is 0. The van der Waals surface area contributed by atoms with Gasteiger partial charge in [0.25, 0.3) is 5.56 Å². The molecule has 2 aromatic heterocycles. The first-order valence-corrected chi connectivity index (χ1v) is 8.19. The van der Waals surface area contributed by atoms with Gasteiger partial charge in [0.2, 0.25) is 0 Å². The van der Waals surface area contributed by atoms with Crippen LogP contribution in [0.15, 0.2) is 47.8 Å². The Kier molecular flexibility index (Phi) is 4.51. The minimum Gasteiger partial charge on any atom is -0.394 e. The lowest BCUT2D eigenvalue weighted by atomic mass is 10.1. The van der Waals surface area contributed by atoms with Crippen molar-refractivity contribution in [3.8, 4) is 0 Å². The number of hydrogen-bond acceptors (Lipinski definition) is 7. The van der Waals surface area contributed by atoms with Crippen molar-refractivity contribution < 1.29 is 19.7 Å². The van der Waals surface area contributed by atoms with Crippen LogP contribution in [0, 0.1) is 0 Å². The molecule has 9 nitrogen and oxygen atoms in total. The number of aromatic amines is 1. The van der Waals surface area contributed by atoms with Crippen molar-refractivity contribution in [2.24, 2.45) is 0 Å². The molecule has 0 aliphatic carbocycles. The number of aromatic nitrogens is 4. The quantitative estimate of drug-likeness (QED) is 0.585. The summed E-state index contributed by atoms with van der Waals surface area (Å²) in [7, 11) is 0. The molecule has 1 fully saturated rings. The highest BCUT2D eigenvalue weighted by Crippen LogP contribution is 2.33. The first kappa shape index (κ1) is 16.9. The molecule has 1 aromatic carbocycles. The van der Waals surface area contributed by atoms with Crippen molar-refractivity contribution in [3.63, 3.8) is 0 Å². The first-order chi connectivity index (χ1) is 12.7. The summed E-state index contributed by atoms with van der Waals surface area (Å²) in [5, 5.41) is 20.0. The van der Waals surface area contributed by atoms with E-state index in [1.165, 1.54) is 12.7 Å². The topological polar surface area (TPSA) is 122 Å². The first-order valence-electron chi connectivity index (χ1n) is 8.19. The van der Waals surface area contributed by atoms with E-state index in [-0.39, 0.29) is 24.3 Å². The molecule has 4 atom stereocenters. The molecule has 1 aliphatic rings. The van der Waals surface area contributed by atoms with Gasteiger partial charge in [-0.15, -0.1) is 0 Å². The van der Waals surface area contributed by atoms with Crippen LogP contribution in [0.4, 0.5) is 0 Å². The van der Waals surface area contributed by atoms with E-state index in [0.29, 0.717) is 5.65 Å². The second-order valence-corrected chi connectivity index (χ2v) is 6.06. The van der Waals surface area contributed by atoms with Crippen molar-refractivity contribution in [2.45, 2.75) is 31.1 Å². The summed E-state index contributed by atoms with van der Waals surface area (Å²) >= 11 is 0. The monoisotopic (exact) mass is 358 g/mol. The van der Waals surface area contributed by atoms with Gasteiger partial charge in [-0.25, -0.2) is 9.97 Å². The number of imidazole rings is 1. The van der Waals surface area contributed by atoms with E-state index in [2.05, 4.69) is 15.0 Å². The maximum Gasteiger partial charge on any atom is 0.278 e. The summed E-state index contributed by atoms with van der Waals surface area (Å²) in [6.07, 6.45) is -0.676.